The third-order valence-electron chi connectivity index (χ3n) is 3.73. The van der Waals surface area contributed by atoms with Gasteiger partial charge in [0.2, 0.25) is 5.91 Å². The van der Waals surface area contributed by atoms with Gasteiger partial charge in [-0.1, -0.05) is 30.7 Å². The molecule has 0 saturated carbocycles. The van der Waals surface area contributed by atoms with Crippen molar-refractivity contribution in [1.29, 1.82) is 0 Å². The van der Waals surface area contributed by atoms with Gasteiger partial charge in [0.25, 0.3) is 0 Å². The molecule has 0 spiro atoms. The summed E-state index contributed by atoms with van der Waals surface area (Å²) in [6.45, 7) is 4.00. The molecule has 0 aliphatic carbocycles. The van der Waals surface area contributed by atoms with E-state index in [1.54, 1.807) is 18.9 Å². The number of methoxy groups -OCH3 is 1. The smallest absolute Gasteiger partial charge is 0.233 e. The number of hydrogen-bond acceptors (Lipinski definition) is 3. The topological polar surface area (TPSA) is 38.3 Å². The van der Waals surface area contributed by atoms with Gasteiger partial charge in [-0.15, -0.1) is 11.8 Å². The van der Waals surface area contributed by atoms with Gasteiger partial charge in [-0.25, -0.2) is 0 Å². The van der Waals surface area contributed by atoms with Crippen LogP contribution >= 0.6 is 23.4 Å². The zero-order valence-electron chi connectivity index (χ0n) is 14.1. The van der Waals surface area contributed by atoms with E-state index in [1.807, 2.05) is 62.4 Å². The van der Waals surface area contributed by atoms with E-state index >= 15 is 0 Å². The lowest BCUT2D eigenvalue weighted by Gasteiger charge is -2.19. The Labute approximate surface area is 152 Å². The van der Waals surface area contributed by atoms with Crippen LogP contribution < -0.4 is 10.1 Å². The van der Waals surface area contributed by atoms with Crippen molar-refractivity contribution in [1.82, 2.24) is 5.32 Å². The number of benzene rings is 2. The quantitative estimate of drug-likeness (QED) is 0.696. The van der Waals surface area contributed by atoms with Crippen molar-refractivity contribution >= 4 is 29.3 Å². The molecule has 24 heavy (non-hydrogen) atoms. The van der Waals surface area contributed by atoms with Gasteiger partial charge >= 0.3 is 0 Å². The number of nitrogens with one attached hydrogen (secondary N) is 1. The van der Waals surface area contributed by atoms with Gasteiger partial charge in [0, 0.05) is 9.92 Å². The summed E-state index contributed by atoms with van der Waals surface area (Å²) in [4.78, 5) is 13.6. The molecule has 0 aliphatic rings. The number of rotatable bonds is 7. The summed E-state index contributed by atoms with van der Waals surface area (Å²) < 4.78 is 5.16. The predicted molar refractivity (Wildman–Crippen MR) is 101 cm³/mol. The van der Waals surface area contributed by atoms with E-state index in [9.17, 15) is 4.79 Å². The van der Waals surface area contributed by atoms with Crippen LogP contribution in [0.25, 0.3) is 0 Å². The van der Waals surface area contributed by atoms with Crippen molar-refractivity contribution < 1.29 is 9.53 Å². The first-order valence-corrected chi connectivity index (χ1v) is 9.15. The molecule has 1 N–H and O–H groups in total. The molecule has 0 radical (unpaired) electrons. The van der Waals surface area contributed by atoms with E-state index in [1.165, 1.54) is 0 Å². The van der Waals surface area contributed by atoms with Crippen LogP contribution in [0, 0.1) is 0 Å². The molecule has 0 aromatic heterocycles. The van der Waals surface area contributed by atoms with Crippen molar-refractivity contribution in [2.24, 2.45) is 0 Å². The molecule has 5 heteroatoms. The average Bonchev–Trinajstić information content (AvgIpc) is 2.61. The fourth-order valence-corrected chi connectivity index (χ4v) is 3.37. The van der Waals surface area contributed by atoms with Crippen molar-refractivity contribution in [3.8, 4) is 5.75 Å². The second-order valence-corrected chi connectivity index (χ2v) is 7.18. The SMILES string of the molecule is CC[C@@H](Sc1ccc(Cl)cc1)C(=O)N[C@H](C)c1ccc(OC)cc1. The summed E-state index contributed by atoms with van der Waals surface area (Å²) in [5.74, 6) is 0.850. The van der Waals surface area contributed by atoms with Crippen LogP contribution in [0.1, 0.15) is 31.9 Å². The molecule has 2 aromatic carbocycles. The van der Waals surface area contributed by atoms with Crippen LogP contribution in [0.4, 0.5) is 0 Å². The van der Waals surface area contributed by atoms with Crippen LogP contribution in [0.2, 0.25) is 5.02 Å². The van der Waals surface area contributed by atoms with E-state index in [4.69, 9.17) is 16.3 Å². The van der Waals surface area contributed by atoms with Gasteiger partial charge in [-0.2, -0.15) is 0 Å². The molecular weight excluding hydrogens is 342 g/mol. The van der Waals surface area contributed by atoms with Crippen LogP contribution in [0.3, 0.4) is 0 Å². The number of carbonyl (C=O) groups excluding carboxylic acids is 1. The van der Waals surface area contributed by atoms with Crippen LogP contribution in [-0.2, 0) is 4.79 Å². The van der Waals surface area contributed by atoms with Crippen molar-refractivity contribution in [3.63, 3.8) is 0 Å². The lowest BCUT2D eigenvalue weighted by Crippen LogP contribution is -2.34. The highest BCUT2D eigenvalue weighted by Crippen LogP contribution is 2.27. The second-order valence-electron chi connectivity index (χ2n) is 5.47. The first-order chi connectivity index (χ1) is 11.5. The van der Waals surface area contributed by atoms with Crippen molar-refractivity contribution in [2.45, 2.75) is 36.5 Å². The van der Waals surface area contributed by atoms with E-state index in [0.29, 0.717) is 5.02 Å². The Balaban J connectivity index is 1.98. The second kappa shape index (κ2) is 9.00. The molecular formula is C19H22ClNO2S. The van der Waals surface area contributed by atoms with Gasteiger partial charge in [0.1, 0.15) is 5.75 Å². The molecule has 128 valence electrons. The Morgan fingerprint density at radius 1 is 1.17 bits per heavy atom. The number of amides is 1. The Morgan fingerprint density at radius 3 is 2.33 bits per heavy atom. The normalized spacial score (nSPS) is 13.2. The van der Waals surface area contributed by atoms with Crippen LogP contribution in [0.15, 0.2) is 53.4 Å². The molecule has 1 amide bonds. The first-order valence-electron chi connectivity index (χ1n) is 7.90. The monoisotopic (exact) mass is 363 g/mol. The van der Waals surface area contributed by atoms with Gasteiger partial charge in [-0.3, -0.25) is 4.79 Å². The first kappa shape index (κ1) is 18.7. The largest absolute Gasteiger partial charge is 0.497 e. The maximum absolute atomic E-state index is 12.6. The van der Waals surface area contributed by atoms with Crippen molar-refractivity contribution in [3.05, 3.63) is 59.1 Å². The van der Waals surface area contributed by atoms with E-state index in [-0.39, 0.29) is 17.2 Å². The number of ether oxygens (including phenoxy) is 1. The third kappa shape index (κ3) is 5.18. The Morgan fingerprint density at radius 2 is 1.79 bits per heavy atom. The summed E-state index contributed by atoms with van der Waals surface area (Å²) in [7, 11) is 1.64. The minimum absolute atomic E-state index is 0.0424. The molecule has 2 atom stereocenters. The standard InChI is InChI=1S/C19H22ClNO2S/c1-4-18(24-17-11-7-15(20)8-12-17)19(22)21-13(2)14-5-9-16(23-3)10-6-14/h5-13,18H,4H2,1-3H3,(H,21,22)/t13-,18-/m1/s1. The highest BCUT2D eigenvalue weighted by molar-refractivity contribution is 8.00. The summed E-state index contributed by atoms with van der Waals surface area (Å²) in [5.41, 5.74) is 1.05. The maximum Gasteiger partial charge on any atom is 0.233 e. The highest BCUT2D eigenvalue weighted by atomic mass is 35.5. The zero-order chi connectivity index (χ0) is 17.5. The summed E-state index contributed by atoms with van der Waals surface area (Å²) in [6.07, 6.45) is 0.758. The van der Waals surface area contributed by atoms with Gasteiger partial charge < -0.3 is 10.1 Å². The number of halogens is 1. The molecule has 2 rings (SSSR count). The molecule has 2 aromatic rings. The van der Waals surface area contributed by atoms with Gasteiger partial charge in [-0.05, 0) is 55.3 Å². The number of thioether (sulfide) groups is 1. The molecule has 0 heterocycles. The van der Waals surface area contributed by atoms with Gasteiger partial charge in [0.15, 0.2) is 0 Å². The predicted octanol–water partition coefficient (Wildman–Crippen LogP) is 5.10. The fraction of sp³-hybridized carbons (Fsp3) is 0.316. The van der Waals surface area contributed by atoms with E-state index in [2.05, 4.69) is 5.32 Å². The lowest BCUT2D eigenvalue weighted by atomic mass is 10.1. The zero-order valence-corrected chi connectivity index (χ0v) is 15.7. The Hall–Kier alpha value is -1.65. The summed E-state index contributed by atoms with van der Waals surface area (Å²) in [5, 5.41) is 3.66. The minimum Gasteiger partial charge on any atom is -0.497 e. The minimum atomic E-state index is -0.133. The Bertz CT molecular complexity index is 658. The number of hydrogen-bond donors (Lipinski definition) is 1. The van der Waals surface area contributed by atoms with Gasteiger partial charge in [0.05, 0.1) is 18.4 Å². The number of carbonyl (C=O) groups is 1. The molecule has 0 unspecified atom stereocenters. The van der Waals surface area contributed by atoms with Crippen LogP contribution in [0.5, 0.6) is 5.75 Å². The fourth-order valence-electron chi connectivity index (χ4n) is 2.28. The van der Waals surface area contributed by atoms with E-state index in [0.717, 1.165) is 22.6 Å². The maximum atomic E-state index is 12.6. The molecule has 0 aliphatic heterocycles. The lowest BCUT2D eigenvalue weighted by molar-refractivity contribution is -0.121. The molecule has 3 nitrogen and oxygen atoms in total. The van der Waals surface area contributed by atoms with Crippen LogP contribution in [-0.4, -0.2) is 18.3 Å². The van der Waals surface area contributed by atoms with Crippen molar-refractivity contribution in [2.75, 3.05) is 7.11 Å². The molecule has 0 bridgehead atoms. The highest BCUT2D eigenvalue weighted by Gasteiger charge is 2.20. The molecule has 0 saturated heterocycles. The van der Waals surface area contributed by atoms with E-state index < -0.39 is 0 Å². The third-order valence-corrected chi connectivity index (χ3v) is 5.36. The average molecular weight is 364 g/mol. The molecule has 0 fully saturated rings. The summed E-state index contributed by atoms with van der Waals surface area (Å²) in [6, 6.07) is 15.3. The summed E-state index contributed by atoms with van der Waals surface area (Å²) >= 11 is 7.46. The Kier molecular flexibility index (Phi) is 7.00.